The van der Waals surface area contributed by atoms with Crippen molar-refractivity contribution in [2.24, 2.45) is 0 Å². The Labute approximate surface area is 97.7 Å². The minimum Gasteiger partial charge on any atom is -0.478 e. The molecule has 0 fully saturated rings. The fraction of sp³-hybridized carbons (Fsp3) is 0.250. The summed E-state index contributed by atoms with van der Waals surface area (Å²) in [5, 5.41) is 13.3. The molecule has 2 N–H and O–H groups in total. The zero-order chi connectivity index (χ0) is 11.5. The van der Waals surface area contributed by atoms with Gasteiger partial charge in [-0.2, -0.15) is 0 Å². The van der Waals surface area contributed by atoms with Gasteiger partial charge in [-0.05, 0) is 30.1 Å². The molecular formula is C12H13NO2S. The smallest absolute Gasteiger partial charge is 0.335 e. The van der Waals surface area contributed by atoms with Crippen LogP contribution in [0.25, 0.3) is 10.1 Å². The number of rotatable bonds is 4. The molecule has 0 spiro atoms. The maximum Gasteiger partial charge on any atom is 0.335 e. The van der Waals surface area contributed by atoms with E-state index in [0.29, 0.717) is 5.56 Å². The third-order valence-corrected chi connectivity index (χ3v) is 3.47. The maximum absolute atomic E-state index is 10.8. The zero-order valence-electron chi connectivity index (χ0n) is 8.99. The molecule has 16 heavy (non-hydrogen) atoms. The molecule has 0 unspecified atom stereocenters. The lowest BCUT2D eigenvalue weighted by Crippen LogP contribution is -2.10. The second-order valence-electron chi connectivity index (χ2n) is 3.55. The van der Waals surface area contributed by atoms with Crippen LogP contribution in [0.1, 0.15) is 22.2 Å². The quantitative estimate of drug-likeness (QED) is 0.856. The monoisotopic (exact) mass is 235 g/mol. The third kappa shape index (κ3) is 2.23. The van der Waals surface area contributed by atoms with Gasteiger partial charge in [-0.25, -0.2) is 4.79 Å². The van der Waals surface area contributed by atoms with E-state index < -0.39 is 5.97 Å². The first-order valence-electron chi connectivity index (χ1n) is 5.17. The Balaban J connectivity index is 2.34. The summed E-state index contributed by atoms with van der Waals surface area (Å²) >= 11 is 1.64. The predicted molar refractivity (Wildman–Crippen MR) is 66.2 cm³/mol. The zero-order valence-corrected chi connectivity index (χ0v) is 9.80. The van der Waals surface area contributed by atoms with Crippen LogP contribution < -0.4 is 5.32 Å². The van der Waals surface area contributed by atoms with E-state index in [4.69, 9.17) is 5.11 Å². The van der Waals surface area contributed by atoms with Gasteiger partial charge in [0.15, 0.2) is 0 Å². The van der Waals surface area contributed by atoms with Crippen molar-refractivity contribution in [3.8, 4) is 0 Å². The summed E-state index contributed by atoms with van der Waals surface area (Å²) in [6.45, 7) is 3.85. The van der Waals surface area contributed by atoms with E-state index in [9.17, 15) is 4.79 Å². The molecule has 0 saturated heterocycles. The van der Waals surface area contributed by atoms with Crippen LogP contribution in [0.3, 0.4) is 0 Å². The van der Waals surface area contributed by atoms with Gasteiger partial charge in [-0.15, -0.1) is 11.3 Å². The van der Waals surface area contributed by atoms with Crippen LogP contribution >= 0.6 is 11.3 Å². The number of hydrogen-bond donors (Lipinski definition) is 2. The molecule has 1 aromatic heterocycles. The van der Waals surface area contributed by atoms with Gasteiger partial charge in [0.05, 0.1) is 5.56 Å². The molecule has 0 bridgehead atoms. The summed E-state index contributed by atoms with van der Waals surface area (Å²) in [4.78, 5) is 12.1. The van der Waals surface area contributed by atoms with Crippen LogP contribution in [0.5, 0.6) is 0 Å². The Hall–Kier alpha value is -1.39. The number of carboxylic acids is 1. The Morgan fingerprint density at radius 3 is 2.94 bits per heavy atom. The van der Waals surface area contributed by atoms with Gasteiger partial charge in [0.1, 0.15) is 0 Å². The third-order valence-electron chi connectivity index (χ3n) is 2.37. The van der Waals surface area contributed by atoms with Gasteiger partial charge in [-0.3, -0.25) is 0 Å². The minimum atomic E-state index is -0.872. The highest BCUT2D eigenvalue weighted by Crippen LogP contribution is 2.26. The fourth-order valence-corrected chi connectivity index (χ4v) is 2.63. The first-order chi connectivity index (χ1) is 7.70. The highest BCUT2D eigenvalue weighted by molar-refractivity contribution is 7.19. The molecular weight excluding hydrogens is 222 g/mol. The maximum atomic E-state index is 10.8. The molecule has 0 atom stereocenters. The van der Waals surface area contributed by atoms with Crippen molar-refractivity contribution >= 4 is 27.4 Å². The molecule has 1 aromatic carbocycles. The standard InChI is InChI=1S/C12H13NO2S/c1-2-13-7-10-5-8-3-4-9(12(14)15)6-11(8)16-10/h3-6,13H,2,7H2,1H3,(H,14,15). The Morgan fingerprint density at radius 1 is 1.44 bits per heavy atom. The highest BCUT2D eigenvalue weighted by atomic mass is 32.1. The van der Waals surface area contributed by atoms with Gasteiger partial charge < -0.3 is 10.4 Å². The van der Waals surface area contributed by atoms with E-state index in [2.05, 4.69) is 18.3 Å². The molecule has 1 heterocycles. The van der Waals surface area contributed by atoms with E-state index in [1.807, 2.05) is 6.07 Å². The number of carbonyl (C=O) groups is 1. The number of hydrogen-bond acceptors (Lipinski definition) is 3. The van der Waals surface area contributed by atoms with Crippen LogP contribution in [0, 0.1) is 0 Å². The summed E-state index contributed by atoms with van der Waals surface area (Å²) in [7, 11) is 0. The van der Waals surface area contributed by atoms with Crippen molar-refractivity contribution in [1.29, 1.82) is 0 Å². The normalized spacial score (nSPS) is 10.8. The molecule has 0 aliphatic heterocycles. The lowest BCUT2D eigenvalue weighted by Gasteiger charge is -1.95. The molecule has 3 nitrogen and oxygen atoms in total. The van der Waals surface area contributed by atoms with Gasteiger partial charge in [0.2, 0.25) is 0 Å². The largest absolute Gasteiger partial charge is 0.478 e. The van der Waals surface area contributed by atoms with Crippen LogP contribution in [0.2, 0.25) is 0 Å². The van der Waals surface area contributed by atoms with Crippen LogP contribution in [-0.4, -0.2) is 17.6 Å². The molecule has 4 heteroatoms. The van der Waals surface area contributed by atoms with Crippen LogP contribution in [0.4, 0.5) is 0 Å². The molecule has 84 valence electrons. The van der Waals surface area contributed by atoms with Crippen LogP contribution in [-0.2, 0) is 6.54 Å². The second-order valence-corrected chi connectivity index (χ2v) is 4.72. The van der Waals surface area contributed by atoms with E-state index in [0.717, 1.165) is 23.2 Å². The Bertz CT molecular complexity index is 519. The minimum absolute atomic E-state index is 0.351. The summed E-state index contributed by atoms with van der Waals surface area (Å²) in [6, 6.07) is 7.35. The summed E-state index contributed by atoms with van der Waals surface area (Å²) < 4.78 is 1.04. The van der Waals surface area contributed by atoms with Crippen molar-refractivity contribution in [3.63, 3.8) is 0 Å². The Morgan fingerprint density at radius 2 is 2.25 bits per heavy atom. The number of fused-ring (bicyclic) bond motifs is 1. The van der Waals surface area contributed by atoms with Crippen molar-refractivity contribution < 1.29 is 9.90 Å². The highest BCUT2D eigenvalue weighted by Gasteiger charge is 2.06. The molecule has 0 amide bonds. The van der Waals surface area contributed by atoms with E-state index in [1.165, 1.54) is 4.88 Å². The first kappa shape index (κ1) is 11.1. The van der Waals surface area contributed by atoms with Gasteiger partial charge in [0, 0.05) is 16.1 Å². The van der Waals surface area contributed by atoms with Crippen molar-refractivity contribution in [2.75, 3.05) is 6.54 Å². The lowest BCUT2D eigenvalue weighted by atomic mass is 10.2. The summed E-state index contributed by atoms with van der Waals surface area (Å²) in [5.74, 6) is -0.872. The Kier molecular flexibility index (Phi) is 3.22. The van der Waals surface area contributed by atoms with E-state index in [1.54, 1.807) is 23.5 Å². The summed E-state index contributed by atoms with van der Waals surface area (Å²) in [6.07, 6.45) is 0. The van der Waals surface area contributed by atoms with Crippen molar-refractivity contribution in [2.45, 2.75) is 13.5 Å². The number of nitrogens with one attached hydrogen (secondary N) is 1. The number of thiophene rings is 1. The van der Waals surface area contributed by atoms with Gasteiger partial charge in [-0.1, -0.05) is 13.0 Å². The summed E-state index contributed by atoms with van der Waals surface area (Å²) in [5.41, 5.74) is 0.351. The lowest BCUT2D eigenvalue weighted by molar-refractivity contribution is 0.0697. The average molecular weight is 235 g/mol. The topological polar surface area (TPSA) is 49.3 Å². The molecule has 0 saturated carbocycles. The molecule has 2 rings (SSSR count). The number of benzene rings is 1. The second kappa shape index (κ2) is 4.63. The molecule has 2 aromatic rings. The molecule has 0 radical (unpaired) electrons. The SMILES string of the molecule is CCNCc1cc2ccc(C(=O)O)cc2s1. The first-order valence-corrected chi connectivity index (χ1v) is 5.99. The average Bonchev–Trinajstić information content (AvgIpc) is 2.67. The molecule has 0 aliphatic rings. The van der Waals surface area contributed by atoms with Crippen molar-refractivity contribution in [1.82, 2.24) is 5.32 Å². The molecule has 0 aliphatic carbocycles. The van der Waals surface area contributed by atoms with E-state index >= 15 is 0 Å². The van der Waals surface area contributed by atoms with Crippen LogP contribution in [0.15, 0.2) is 24.3 Å². The van der Waals surface area contributed by atoms with Crippen molar-refractivity contribution in [3.05, 3.63) is 34.7 Å². The van der Waals surface area contributed by atoms with Gasteiger partial charge >= 0.3 is 5.97 Å². The fourth-order valence-electron chi connectivity index (χ4n) is 1.55. The van der Waals surface area contributed by atoms with E-state index in [-0.39, 0.29) is 0 Å². The predicted octanol–water partition coefficient (Wildman–Crippen LogP) is 2.71. The number of aromatic carboxylic acids is 1. The number of carboxylic acid groups (broad SMARTS) is 1. The van der Waals surface area contributed by atoms with Gasteiger partial charge in [0.25, 0.3) is 0 Å².